The number of amides is 1. The lowest BCUT2D eigenvalue weighted by atomic mass is 9.93. The minimum atomic E-state index is -0.841. The molecule has 1 amide bonds. The lowest BCUT2D eigenvalue weighted by Crippen LogP contribution is -2.22. The second-order valence-corrected chi connectivity index (χ2v) is 6.14. The molecule has 1 rings (SSSR count). The number of nitrogens with one attached hydrogen (secondary N) is 1. The van der Waals surface area contributed by atoms with Crippen LogP contribution in [0.2, 0.25) is 0 Å². The number of halogens is 1. The van der Waals surface area contributed by atoms with Crippen LogP contribution < -0.4 is 5.32 Å². The smallest absolute Gasteiger partial charge is 0.419 e. The zero-order chi connectivity index (χ0) is 14.6. The number of phenolic OH excluding ortho intramolecular Hbond substituents is 1. The molecule has 0 aromatic heterocycles. The first-order valence-corrected chi connectivity index (χ1v) is 6.47. The molecule has 6 heteroatoms. The number of benzene rings is 1. The Morgan fingerprint density at radius 2 is 2.00 bits per heavy atom. The summed E-state index contributed by atoms with van der Waals surface area (Å²) < 4.78 is 5.07. The van der Waals surface area contributed by atoms with Crippen LogP contribution in [0.4, 0.5) is 10.5 Å². The van der Waals surface area contributed by atoms with Crippen molar-refractivity contribution in [1.82, 2.24) is 0 Å². The minimum absolute atomic E-state index is 0.0581. The summed E-state index contributed by atoms with van der Waals surface area (Å²) in [6, 6.07) is 4.41. The highest BCUT2D eigenvalue weighted by Crippen LogP contribution is 2.26. The molecule has 0 saturated heterocycles. The van der Waals surface area contributed by atoms with Gasteiger partial charge in [-0.25, -0.2) is 4.79 Å². The Balaban J connectivity index is 2.56. The minimum Gasteiger partial charge on any atom is -0.507 e. The molecule has 0 spiro atoms. The molecule has 0 aliphatic rings. The van der Waals surface area contributed by atoms with Crippen molar-refractivity contribution in [3.8, 4) is 5.75 Å². The second-order valence-electron chi connectivity index (χ2n) is 5.29. The van der Waals surface area contributed by atoms with Gasteiger partial charge in [0.05, 0.1) is 10.9 Å². The van der Waals surface area contributed by atoms with Crippen LogP contribution in [-0.4, -0.2) is 17.2 Å². The van der Waals surface area contributed by atoms with E-state index in [9.17, 15) is 14.7 Å². The first-order chi connectivity index (χ1) is 8.67. The fourth-order valence-electron chi connectivity index (χ4n) is 1.30. The van der Waals surface area contributed by atoms with Crippen molar-refractivity contribution >= 4 is 33.7 Å². The van der Waals surface area contributed by atoms with Gasteiger partial charge in [-0.2, -0.15) is 0 Å². The maximum absolute atomic E-state index is 11.5. The number of carbonyl (C=O) groups excluding carboxylic acids is 2. The molecule has 2 N–H and O–H groups in total. The molecule has 1 aromatic carbocycles. The number of anilines is 1. The van der Waals surface area contributed by atoms with Crippen LogP contribution in [0.25, 0.3) is 0 Å². The number of phenols is 1. The molecule has 0 unspecified atom stereocenters. The summed E-state index contributed by atoms with van der Waals surface area (Å²) in [6.07, 6.45) is -0.688. The topological polar surface area (TPSA) is 75.6 Å². The predicted octanol–water partition coefficient (Wildman–Crippen LogP) is 3.67. The van der Waals surface area contributed by atoms with E-state index in [4.69, 9.17) is 0 Å². The zero-order valence-electron chi connectivity index (χ0n) is 11.0. The van der Waals surface area contributed by atoms with Gasteiger partial charge in [0.15, 0.2) is 0 Å². The molecular formula is C13H16BrNO4. The fourth-order valence-corrected chi connectivity index (χ4v) is 1.68. The Bertz CT molecular complexity index is 494. The summed E-state index contributed by atoms with van der Waals surface area (Å²) in [4.78, 5) is 22.9. The molecule has 0 fully saturated rings. The lowest BCUT2D eigenvalue weighted by molar-refractivity contribution is -0.138. The number of ether oxygens (including phenoxy) is 1. The standard InChI is InChI=1S/C13H16BrNO4/c1-13(2,3)7-11(17)19-12(18)15-8-4-5-10(16)9(14)6-8/h4-6,16H,7H2,1-3H3,(H,15,18). The Morgan fingerprint density at radius 3 is 2.53 bits per heavy atom. The molecule has 0 atom stereocenters. The van der Waals surface area contributed by atoms with Crippen LogP contribution in [0.1, 0.15) is 27.2 Å². The number of aromatic hydroxyl groups is 1. The first kappa shape index (κ1) is 15.5. The Morgan fingerprint density at radius 1 is 1.37 bits per heavy atom. The van der Waals surface area contributed by atoms with Crippen molar-refractivity contribution < 1.29 is 19.4 Å². The number of rotatable bonds is 2. The third kappa shape index (κ3) is 5.74. The quantitative estimate of drug-likeness (QED) is 0.493. The normalized spacial score (nSPS) is 10.9. The zero-order valence-corrected chi connectivity index (χ0v) is 12.6. The molecule has 0 radical (unpaired) electrons. The van der Waals surface area contributed by atoms with E-state index in [1.165, 1.54) is 18.2 Å². The van der Waals surface area contributed by atoms with Crippen molar-refractivity contribution in [2.45, 2.75) is 27.2 Å². The van der Waals surface area contributed by atoms with Crippen LogP contribution in [0.3, 0.4) is 0 Å². The number of esters is 1. The van der Waals surface area contributed by atoms with Gasteiger partial charge >= 0.3 is 12.1 Å². The van der Waals surface area contributed by atoms with E-state index in [1.54, 1.807) is 0 Å². The van der Waals surface area contributed by atoms with E-state index >= 15 is 0 Å². The van der Waals surface area contributed by atoms with Crippen LogP contribution in [-0.2, 0) is 9.53 Å². The van der Waals surface area contributed by atoms with E-state index in [2.05, 4.69) is 26.0 Å². The van der Waals surface area contributed by atoms with Crippen molar-refractivity contribution in [1.29, 1.82) is 0 Å². The van der Waals surface area contributed by atoms with Gasteiger partial charge < -0.3 is 9.84 Å². The molecule has 1 aromatic rings. The van der Waals surface area contributed by atoms with Crippen LogP contribution in [0, 0.1) is 5.41 Å². The van der Waals surface area contributed by atoms with Crippen molar-refractivity contribution in [3.05, 3.63) is 22.7 Å². The molecule has 5 nitrogen and oxygen atoms in total. The van der Waals surface area contributed by atoms with Gasteiger partial charge in [0.1, 0.15) is 5.75 Å². The van der Waals surface area contributed by atoms with E-state index in [0.717, 1.165) is 0 Å². The highest BCUT2D eigenvalue weighted by Gasteiger charge is 2.19. The van der Waals surface area contributed by atoms with Gasteiger partial charge in [0.2, 0.25) is 0 Å². The van der Waals surface area contributed by atoms with E-state index in [-0.39, 0.29) is 17.6 Å². The van der Waals surface area contributed by atoms with Gasteiger partial charge in [-0.05, 0) is 39.5 Å². The molecule has 104 valence electrons. The van der Waals surface area contributed by atoms with Crippen LogP contribution >= 0.6 is 15.9 Å². The average Bonchev–Trinajstić information content (AvgIpc) is 2.20. The third-order valence-electron chi connectivity index (χ3n) is 2.08. The molecular weight excluding hydrogens is 314 g/mol. The largest absolute Gasteiger partial charge is 0.507 e. The SMILES string of the molecule is CC(C)(C)CC(=O)OC(=O)Nc1ccc(O)c(Br)c1. The molecule has 0 aliphatic heterocycles. The summed E-state index contributed by atoms with van der Waals surface area (Å²) >= 11 is 3.12. The van der Waals surface area contributed by atoms with Crippen molar-refractivity contribution in [2.24, 2.45) is 5.41 Å². The highest BCUT2D eigenvalue weighted by atomic mass is 79.9. The van der Waals surface area contributed by atoms with Gasteiger partial charge in [-0.3, -0.25) is 10.1 Å². The lowest BCUT2D eigenvalue weighted by Gasteiger charge is -2.16. The van der Waals surface area contributed by atoms with E-state index in [1.807, 2.05) is 20.8 Å². The van der Waals surface area contributed by atoms with Gasteiger partial charge in [-0.1, -0.05) is 20.8 Å². The number of hydrogen-bond acceptors (Lipinski definition) is 4. The summed E-state index contributed by atoms with van der Waals surface area (Å²) in [6.45, 7) is 5.63. The molecule has 0 bridgehead atoms. The molecule has 19 heavy (non-hydrogen) atoms. The molecule has 0 aliphatic carbocycles. The Labute approximate surface area is 120 Å². The van der Waals surface area contributed by atoms with Gasteiger partial charge in [-0.15, -0.1) is 0 Å². The maximum Gasteiger partial charge on any atom is 0.419 e. The van der Waals surface area contributed by atoms with Crippen molar-refractivity contribution in [2.75, 3.05) is 5.32 Å². The molecule has 0 heterocycles. The Hall–Kier alpha value is -1.56. The molecule has 0 saturated carbocycles. The summed E-state index contributed by atoms with van der Waals surface area (Å²) in [7, 11) is 0. The van der Waals surface area contributed by atoms with Crippen LogP contribution in [0.15, 0.2) is 22.7 Å². The predicted molar refractivity (Wildman–Crippen MR) is 75.0 cm³/mol. The Kier molecular flexibility index (Phi) is 4.94. The first-order valence-electron chi connectivity index (χ1n) is 5.67. The number of hydrogen-bond donors (Lipinski definition) is 2. The van der Waals surface area contributed by atoms with E-state index in [0.29, 0.717) is 10.2 Å². The average molecular weight is 330 g/mol. The van der Waals surface area contributed by atoms with Crippen LogP contribution in [0.5, 0.6) is 5.75 Å². The second kappa shape index (κ2) is 6.06. The maximum atomic E-state index is 11.5. The summed E-state index contributed by atoms with van der Waals surface area (Å²) in [5, 5.41) is 11.7. The van der Waals surface area contributed by atoms with Gasteiger partial charge in [0, 0.05) is 5.69 Å². The highest BCUT2D eigenvalue weighted by molar-refractivity contribution is 9.10. The summed E-state index contributed by atoms with van der Waals surface area (Å²) in [5.41, 5.74) is 0.178. The van der Waals surface area contributed by atoms with E-state index < -0.39 is 12.1 Å². The fraction of sp³-hybridized carbons (Fsp3) is 0.385. The monoisotopic (exact) mass is 329 g/mol. The van der Waals surface area contributed by atoms with Crippen molar-refractivity contribution in [3.63, 3.8) is 0 Å². The third-order valence-corrected chi connectivity index (χ3v) is 2.71. The van der Waals surface area contributed by atoms with Gasteiger partial charge in [0.25, 0.3) is 0 Å². The number of carbonyl (C=O) groups is 2. The summed E-state index contributed by atoms with van der Waals surface area (Å²) in [5.74, 6) is -0.523.